The number of carbonyl (C=O) groups is 4. The minimum atomic E-state index is -2.43. The van der Waals surface area contributed by atoms with E-state index in [1.54, 1.807) is 30.3 Å². The van der Waals surface area contributed by atoms with Gasteiger partial charge in [0.2, 0.25) is 0 Å². The van der Waals surface area contributed by atoms with E-state index in [9.17, 15) is 29.3 Å². The molecule has 13 heteroatoms. The molecule has 1 saturated heterocycles. The van der Waals surface area contributed by atoms with Crippen LogP contribution in [0, 0.1) is 10.1 Å². The van der Waals surface area contributed by atoms with E-state index in [1.165, 1.54) is 42.5 Å². The molecule has 2 heterocycles. The Bertz CT molecular complexity index is 1480. The molecule has 0 spiro atoms. The van der Waals surface area contributed by atoms with Crippen LogP contribution in [-0.4, -0.2) is 46.6 Å². The minimum Gasteiger partial charge on any atom is -0.456 e. The topological polar surface area (TPSA) is 164 Å². The van der Waals surface area contributed by atoms with Crippen LogP contribution in [0.15, 0.2) is 78.9 Å². The van der Waals surface area contributed by atoms with E-state index < -0.39 is 40.6 Å². The van der Waals surface area contributed by atoms with Gasteiger partial charge < -0.3 is 19.5 Å². The average molecular weight is 547 g/mol. The van der Waals surface area contributed by atoms with Crippen molar-refractivity contribution >= 4 is 29.6 Å². The first-order valence-electron chi connectivity index (χ1n) is 12.0. The van der Waals surface area contributed by atoms with Crippen LogP contribution in [0.2, 0.25) is 0 Å². The molecule has 2 atom stereocenters. The van der Waals surface area contributed by atoms with E-state index in [2.05, 4.69) is 5.32 Å². The van der Waals surface area contributed by atoms with Gasteiger partial charge in [-0.3, -0.25) is 19.7 Å². The summed E-state index contributed by atoms with van der Waals surface area (Å²) < 4.78 is 16.0. The second-order valence-electron chi connectivity index (χ2n) is 8.77. The van der Waals surface area contributed by atoms with Crippen molar-refractivity contribution in [2.24, 2.45) is 0 Å². The fraction of sp³-hybridized carbons (Fsp3) is 0.185. The average Bonchev–Trinajstić information content (AvgIpc) is 3.48. The minimum absolute atomic E-state index is 0.00866. The van der Waals surface area contributed by atoms with Crippen LogP contribution < -0.4 is 5.32 Å². The Morgan fingerprint density at radius 3 is 2.33 bits per heavy atom. The van der Waals surface area contributed by atoms with Crippen molar-refractivity contribution in [2.75, 3.05) is 6.61 Å². The summed E-state index contributed by atoms with van der Waals surface area (Å²) in [6, 6.07) is 18.8. The zero-order valence-corrected chi connectivity index (χ0v) is 20.7. The van der Waals surface area contributed by atoms with Crippen LogP contribution >= 0.6 is 0 Å². The summed E-state index contributed by atoms with van der Waals surface area (Å²) in [5.74, 6) is -2.92. The Morgan fingerprint density at radius 2 is 1.60 bits per heavy atom. The van der Waals surface area contributed by atoms with Crippen molar-refractivity contribution in [3.05, 3.63) is 111 Å². The number of nitro benzene ring substituents is 1. The maximum atomic E-state index is 13.6. The second-order valence-corrected chi connectivity index (χ2v) is 8.77. The van der Waals surface area contributed by atoms with Crippen LogP contribution in [-0.2, 0) is 47.6 Å². The highest BCUT2D eigenvalue weighted by Crippen LogP contribution is 2.42. The summed E-state index contributed by atoms with van der Waals surface area (Å²) in [4.78, 5) is 67.8. The second kappa shape index (κ2) is 10.8. The van der Waals surface area contributed by atoms with E-state index in [-0.39, 0.29) is 36.6 Å². The van der Waals surface area contributed by atoms with Gasteiger partial charge in [0.05, 0.1) is 10.5 Å². The number of rotatable bonds is 8. The number of esters is 2. The smallest absolute Gasteiger partial charge is 0.408 e. The van der Waals surface area contributed by atoms with Crippen molar-refractivity contribution in [1.82, 2.24) is 10.4 Å². The molecule has 3 aromatic rings. The van der Waals surface area contributed by atoms with Crippen molar-refractivity contribution in [2.45, 2.75) is 25.0 Å². The summed E-state index contributed by atoms with van der Waals surface area (Å²) in [6.45, 7) is -0.772. The molecule has 1 unspecified atom stereocenters. The number of ether oxygens (including phenoxy) is 3. The Kier molecular flexibility index (Phi) is 7.12. The van der Waals surface area contributed by atoms with E-state index in [4.69, 9.17) is 19.0 Å². The predicted octanol–water partition coefficient (Wildman–Crippen LogP) is 2.73. The Hall–Kier alpha value is -5.30. The van der Waals surface area contributed by atoms with E-state index in [0.717, 1.165) is 5.56 Å². The fourth-order valence-electron chi connectivity index (χ4n) is 4.23. The van der Waals surface area contributed by atoms with Crippen LogP contribution in [0.4, 0.5) is 10.5 Å². The van der Waals surface area contributed by atoms with Crippen molar-refractivity contribution < 1.29 is 43.1 Å². The van der Waals surface area contributed by atoms with Gasteiger partial charge in [0.1, 0.15) is 25.9 Å². The molecule has 5 rings (SSSR count). The number of amides is 2. The number of hydrogen-bond acceptors (Lipinski definition) is 10. The first-order chi connectivity index (χ1) is 19.3. The Morgan fingerprint density at radius 1 is 0.950 bits per heavy atom. The van der Waals surface area contributed by atoms with E-state index >= 15 is 0 Å². The van der Waals surface area contributed by atoms with Gasteiger partial charge in [-0.1, -0.05) is 48.5 Å². The summed E-state index contributed by atoms with van der Waals surface area (Å²) in [5, 5.41) is 13.9. The van der Waals surface area contributed by atoms with Gasteiger partial charge in [0.25, 0.3) is 11.6 Å². The number of nitrogens with zero attached hydrogens (tertiary/aromatic N) is 2. The molecule has 40 heavy (non-hydrogen) atoms. The van der Waals surface area contributed by atoms with Gasteiger partial charge in [0, 0.05) is 17.7 Å². The lowest BCUT2D eigenvalue weighted by molar-refractivity contribution is -0.384. The van der Waals surface area contributed by atoms with Gasteiger partial charge >= 0.3 is 23.8 Å². The standard InChI is InChI=1S/C27H21N3O10/c31-23-22(28-26(34)38-15-17-6-2-1-3-7-17)16-39-29(23)27(21-9-5-4-8-20(21)24(32)40-27)25(33)37-14-18-10-12-19(13-11-18)30(35)36/h1-13,22H,14-16H2,(H,28,34)/t22-,27?/m0/s1. The van der Waals surface area contributed by atoms with Gasteiger partial charge in [-0.15, -0.1) is 0 Å². The molecule has 0 saturated carbocycles. The normalized spacial score (nSPS) is 19.5. The zero-order valence-electron chi connectivity index (χ0n) is 20.7. The SMILES string of the molecule is O=C(N[C@H]1CON(C2(C(=O)OCc3ccc([N+](=O)[O-])cc3)OC(=O)c3ccccc32)C1=O)OCc1ccccc1. The number of non-ortho nitro benzene ring substituents is 1. The maximum Gasteiger partial charge on any atom is 0.408 e. The van der Waals surface area contributed by atoms with Gasteiger partial charge in [-0.2, -0.15) is 5.06 Å². The van der Waals surface area contributed by atoms with E-state index in [0.29, 0.717) is 10.6 Å². The molecule has 2 aliphatic heterocycles. The van der Waals surface area contributed by atoms with E-state index in [1.807, 2.05) is 6.07 Å². The van der Waals surface area contributed by atoms with Gasteiger partial charge in [-0.25, -0.2) is 14.4 Å². The third kappa shape index (κ3) is 4.92. The van der Waals surface area contributed by atoms with Crippen molar-refractivity contribution in [3.8, 4) is 0 Å². The van der Waals surface area contributed by atoms with Crippen LogP contribution in [0.25, 0.3) is 0 Å². The van der Waals surface area contributed by atoms with Crippen LogP contribution in [0.1, 0.15) is 27.0 Å². The summed E-state index contributed by atoms with van der Waals surface area (Å²) in [6.07, 6.45) is -0.897. The number of cyclic esters (lactones) is 1. The number of nitrogens with one attached hydrogen (secondary N) is 1. The highest BCUT2D eigenvalue weighted by atomic mass is 16.8. The number of fused-ring (bicyclic) bond motifs is 1. The number of hydrogen-bond donors (Lipinski definition) is 1. The first kappa shape index (κ1) is 26.3. The fourth-order valence-corrected chi connectivity index (χ4v) is 4.23. The summed E-state index contributed by atoms with van der Waals surface area (Å²) in [5.41, 5.74) is -1.42. The maximum absolute atomic E-state index is 13.6. The molecular weight excluding hydrogens is 526 g/mol. The zero-order chi connectivity index (χ0) is 28.3. The monoisotopic (exact) mass is 547 g/mol. The Balaban J connectivity index is 1.34. The van der Waals surface area contributed by atoms with Gasteiger partial charge in [0.15, 0.2) is 0 Å². The highest BCUT2D eigenvalue weighted by molar-refractivity contribution is 6.02. The molecule has 0 radical (unpaired) electrons. The van der Waals surface area contributed by atoms with Crippen molar-refractivity contribution in [1.29, 1.82) is 0 Å². The molecule has 0 aromatic heterocycles. The predicted molar refractivity (Wildman–Crippen MR) is 133 cm³/mol. The molecule has 1 N–H and O–H groups in total. The lowest BCUT2D eigenvalue weighted by Crippen LogP contribution is -2.55. The molecule has 13 nitrogen and oxygen atoms in total. The lowest BCUT2D eigenvalue weighted by Gasteiger charge is -2.33. The molecular formula is C27H21N3O10. The summed E-state index contributed by atoms with van der Waals surface area (Å²) in [7, 11) is 0. The molecule has 3 aromatic carbocycles. The molecule has 0 bridgehead atoms. The number of nitro groups is 1. The summed E-state index contributed by atoms with van der Waals surface area (Å²) >= 11 is 0. The number of benzene rings is 3. The van der Waals surface area contributed by atoms with Gasteiger partial charge in [-0.05, 0) is 29.3 Å². The lowest BCUT2D eigenvalue weighted by atomic mass is 9.99. The molecule has 204 valence electrons. The number of carbonyl (C=O) groups excluding carboxylic acids is 4. The van der Waals surface area contributed by atoms with Crippen LogP contribution in [0.5, 0.6) is 0 Å². The molecule has 1 fully saturated rings. The third-order valence-electron chi connectivity index (χ3n) is 6.21. The molecule has 0 aliphatic carbocycles. The van der Waals surface area contributed by atoms with Crippen LogP contribution in [0.3, 0.4) is 0 Å². The molecule has 2 amide bonds. The molecule has 2 aliphatic rings. The largest absolute Gasteiger partial charge is 0.456 e. The Labute approximate surface area is 226 Å². The van der Waals surface area contributed by atoms with Crippen molar-refractivity contribution in [3.63, 3.8) is 0 Å². The quantitative estimate of drug-likeness (QED) is 0.192. The number of alkyl carbamates (subject to hydrolysis) is 1. The highest BCUT2D eigenvalue weighted by Gasteiger charge is 2.63. The first-order valence-corrected chi connectivity index (χ1v) is 12.0. The third-order valence-corrected chi connectivity index (χ3v) is 6.21. The number of hydroxylamine groups is 2.